The minimum atomic E-state index is 0.583. The van der Waals surface area contributed by atoms with Gasteiger partial charge in [-0.15, -0.1) is 0 Å². The number of hydrogen-bond acceptors (Lipinski definition) is 3. The standard InChI is InChI=1S/C22H25N3O/c1-2-3-9-21-20-14-15-23-22(20)25(24-21)18-10-12-19(13-11-18)26-16-17-7-5-4-6-8-17/h4-8,10-13,23H,2-3,9,14-16H2,1H3. The minimum Gasteiger partial charge on any atom is -0.489 e. The number of anilines is 1. The Morgan fingerprint density at radius 3 is 2.65 bits per heavy atom. The Kier molecular flexibility index (Phi) is 4.91. The highest BCUT2D eigenvalue weighted by atomic mass is 16.5. The summed E-state index contributed by atoms with van der Waals surface area (Å²) in [5.41, 5.74) is 4.89. The van der Waals surface area contributed by atoms with E-state index in [9.17, 15) is 0 Å². The maximum atomic E-state index is 5.89. The Morgan fingerprint density at radius 2 is 1.88 bits per heavy atom. The number of fused-ring (bicyclic) bond motifs is 1. The van der Waals surface area contributed by atoms with E-state index in [4.69, 9.17) is 9.84 Å². The molecule has 4 nitrogen and oxygen atoms in total. The molecule has 0 saturated carbocycles. The van der Waals surface area contributed by atoms with E-state index in [0.717, 1.165) is 36.6 Å². The summed E-state index contributed by atoms with van der Waals surface area (Å²) in [5, 5.41) is 8.37. The van der Waals surface area contributed by atoms with Gasteiger partial charge in [0.1, 0.15) is 18.2 Å². The summed E-state index contributed by atoms with van der Waals surface area (Å²) >= 11 is 0. The Labute approximate surface area is 154 Å². The first-order chi connectivity index (χ1) is 12.8. The van der Waals surface area contributed by atoms with Gasteiger partial charge in [0.15, 0.2) is 0 Å². The number of aryl methyl sites for hydroxylation is 1. The van der Waals surface area contributed by atoms with Crippen LogP contribution in [0.1, 0.15) is 36.6 Å². The molecular formula is C22H25N3O. The fraction of sp³-hybridized carbons (Fsp3) is 0.318. The molecule has 26 heavy (non-hydrogen) atoms. The zero-order valence-corrected chi connectivity index (χ0v) is 15.2. The zero-order valence-electron chi connectivity index (χ0n) is 15.2. The number of aromatic nitrogens is 2. The number of nitrogens with zero attached hydrogens (tertiary/aromatic N) is 2. The molecule has 4 heteroatoms. The van der Waals surface area contributed by atoms with Crippen LogP contribution in [0.5, 0.6) is 5.75 Å². The highest BCUT2D eigenvalue weighted by Crippen LogP contribution is 2.30. The number of benzene rings is 2. The second kappa shape index (κ2) is 7.65. The molecular weight excluding hydrogens is 322 g/mol. The van der Waals surface area contributed by atoms with Crippen molar-refractivity contribution in [1.29, 1.82) is 0 Å². The van der Waals surface area contributed by atoms with Gasteiger partial charge in [0.2, 0.25) is 0 Å². The van der Waals surface area contributed by atoms with Crippen molar-refractivity contribution in [2.24, 2.45) is 0 Å². The molecule has 2 heterocycles. The number of hydrogen-bond donors (Lipinski definition) is 1. The molecule has 4 rings (SSSR count). The lowest BCUT2D eigenvalue weighted by Gasteiger charge is -2.09. The Morgan fingerprint density at radius 1 is 1.08 bits per heavy atom. The SMILES string of the molecule is CCCCc1nn(-c2ccc(OCc3ccccc3)cc2)c2c1CCN2. The number of nitrogens with one attached hydrogen (secondary N) is 1. The molecule has 1 aliphatic rings. The first-order valence-electron chi connectivity index (χ1n) is 9.47. The lowest BCUT2D eigenvalue weighted by Crippen LogP contribution is -2.05. The van der Waals surface area contributed by atoms with E-state index >= 15 is 0 Å². The highest BCUT2D eigenvalue weighted by Gasteiger charge is 2.22. The summed E-state index contributed by atoms with van der Waals surface area (Å²) in [6.07, 6.45) is 4.52. The van der Waals surface area contributed by atoms with Gasteiger partial charge in [0.05, 0.1) is 11.4 Å². The first kappa shape index (κ1) is 16.7. The summed E-state index contributed by atoms with van der Waals surface area (Å²) in [4.78, 5) is 0. The van der Waals surface area contributed by atoms with Gasteiger partial charge in [0.25, 0.3) is 0 Å². The average Bonchev–Trinajstić information content (AvgIpc) is 3.29. The maximum absolute atomic E-state index is 5.89. The third-order valence-corrected chi connectivity index (χ3v) is 4.83. The van der Waals surface area contributed by atoms with Crippen LogP contribution < -0.4 is 10.1 Å². The molecule has 0 spiro atoms. The fourth-order valence-corrected chi connectivity index (χ4v) is 3.40. The van der Waals surface area contributed by atoms with Crippen LogP contribution in [0, 0.1) is 0 Å². The quantitative estimate of drug-likeness (QED) is 0.669. The van der Waals surface area contributed by atoms with Gasteiger partial charge in [-0.05, 0) is 49.1 Å². The van der Waals surface area contributed by atoms with Crippen LogP contribution in [0.2, 0.25) is 0 Å². The zero-order chi connectivity index (χ0) is 17.8. The normalized spacial score (nSPS) is 12.7. The molecule has 0 bridgehead atoms. The van der Waals surface area contributed by atoms with Crippen LogP contribution in [-0.4, -0.2) is 16.3 Å². The first-order valence-corrected chi connectivity index (χ1v) is 9.47. The smallest absolute Gasteiger partial charge is 0.133 e. The highest BCUT2D eigenvalue weighted by molar-refractivity contribution is 5.57. The van der Waals surface area contributed by atoms with E-state index in [2.05, 4.69) is 36.5 Å². The molecule has 134 valence electrons. The summed E-state index contributed by atoms with van der Waals surface area (Å²) in [6, 6.07) is 18.4. The third-order valence-electron chi connectivity index (χ3n) is 4.83. The van der Waals surface area contributed by atoms with Crippen LogP contribution in [0.3, 0.4) is 0 Å². The van der Waals surface area contributed by atoms with Gasteiger partial charge in [-0.2, -0.15) is 5.10 Å². The van der Waals surface area contributed by atoms with Gasteiger partial charge >= 0.3 is 0 Å². The van der Waals surface area contributed by atoms with E-state index in [1.165, 1.54) is 29.7 Å². The molecule has 1 aromatic heterocycles. The van der Waals surface area contributed by atoms with Crippen molar-refractivity contribution in [3.63, 3.8) is 0 Å². The van der Waals surface area contributed by atoms with Gasteiger partial charge in [-0.3, -0.25) is 0 Å². The lowest BCUT2D eigenvalue weighted by molar-refractivity contribution is 0.306. The Bertz CT molecular complexity index is 853. The molecule has 3 aromatic rings. The topological polar surface area (TPSA) is 39.1 Å². The van der Waals surface area contributed by atoms with E-state index in [0.29, 0.717) is 6.61 Å². The molecule has 0 saturated heterocycles. The van der Waals surface area contributed by atoms with Crippen molar-refractivity contribution in [3.05, 3.63) is 71.4 Å². The average molecular weight is 347 g/mol. The molecule has 0 fully saturated rings. The van der Waals surface area contributed by atoms with Crippen LogP contribution in [0.4, 0.5) is 5.82 Å². The molecule has 0 radical (unpaired) electrons. The molecule has 1 N–H and O–H groups in total. The molecule has 0 atom stereocenters. The number of unbranched alkanes of at least 4 members (excludes halogenated alkanes) is 1. The molecule has 0 amide bonds. The Balaban J connectivity index is 1.50. The third kappa shape index (κ3) is 3.45. The van der Waals surface area contributed by atoms with Crippen molar-refractivity contribution < 1.29 is 4.74 Å². The molecule has 1 aliphatic heterocycles. The minimum absolute atomic E-state index is 0.583. The summed E-state index contributed by atoms with van der Waals surface area (Å²) < 4.78 is 7.94. The van der Waals surface area contributed by atoms with E-state index in [1.54, 1.807) is 0 Å². The predicted molar refractivity (Wildman–Crippen MR) is 105 cm³/mol. The summed E-state index contributed by atoms with van der Waals surface area (Å²) in [7, 11) is 0. The molecule has 2 aromatic carbocycles. The van der Waals surface area contributed by atoms with Crippen LogP contribution >= 0.6 is 0 Å². The summed E-state index contributed by atoms with van der Waals surface area (Å²) in [5.74, 6) is 2.04. The maximum Gasteiger partial charge on any atom is 0.133 e. The monoisotopic (exact) mass is 347 g/mol. The van der Waals surface area contributed by atoms with Crippen LogP contribution in [-0.2, 0) is 19.4 Å². The van der Waals surface area contributed by atoms with Crippen molar-refractivity contribution in [2.75, 3.05) is 11.9 Å². The second-order valence-electron chi connectivity index (χ2n) is 6.73. The van der Waals surface area contributed by atoms with Crippen molar-refractivity contribution in [1.82, 2.24) is 9.78 Å². The van der Waals surface area contributed by atoms with Gasteiger partial charge in [-0.25, -0.2) is 4.68 Å². The van der Waals surface area contributed by atoms with E-state index in [1.807, 2.05) is 35.0 Å². The van der Waals surface area contributed by atoms with Crippen molar-refractivity contribution in [2.45, 2.75) is 39.2 Å². The fourth-order valence-electron chi connectivity index (χ4n) is 3.40. The van der Waals surface area contributed by atoms with Crippen molar-refractivity contribution >= 4 is 5.82 Å². The molecule has 0 aliphatic carbocycles. The summed E-state index contributed by atoms with van der Waals surface area (Å²) in [6.45, 7) is 3.81. The van der Waals surface area contributed by atoms with Gasteiger partial charge in [-0.1, -0.05) is 43.7 Å². The predicted octanol–water partition coefficient (Wildman–Crippen LogP) is 4.76. The lowest BCUT2D eigenvalue weighted by atomic mass is 10.1. The van der Waals surface area contributed by atoms with Crippen LogP contribution in [0.15, 0.2) is 54.6 Å². The van der Waals surface area contributed by atoms with Crippen LogP contribution in [0.25, 0.3) is 5.69 Å². The van der Waals surface area contributed by atoms with Gasteiger partial charge < -0.3 is 10.1 Å². The van der Waals surface area contributed by atoms with E-state index in [-0.39, 0.29) is 0 Å². The molecule has 0 unspecified atom stereocenters. The van der Waals surface area contributed by atoms with Gasteiger partial charge in [0, 0.05) is 12.1 Å². The van der Waals surface area contributed by atoms with Crippen molar-refractivity contribution in [3.8, 4) is 11.4 Å². The van der Waals surface area contributed by atoms with E-state index < -0.39 is 0 Å². The second-order valence-corrected chi connectivity index (χ2v) is 6.73. The number of ether oxygens (including phenoxy) is 1. The largest absolute Gasteiger partial charge is 0.489 e. The number of rotatable bonds is 7. The Hall–Kier alpha value is -2.75.